The monoisotopic (exact) mass is 540 g/mol. The van der Waals surface area contributed by atoms with Gasteiger partial charge in [-0.05, 0) is 36.4 Å². The van der Waals surface area contributed by atoms with Gasteiger partial charge in [0.25, 0.3) is 0 Å². The minimum Gasteiger partial charge on any atom is -0.254 e. The maximum atomic E-state index is 5.05. The van der Waals surface area contributed by atoms with Crippen LogP contribution in [-0.2, 0) is 14.1 Å². The summed E-state index contributed by atoms with van der Waals surface area (Å²) in [5.41, 5.74) is 10.9. The minimum absolute atomic E-state index is 0.874. The molecular weight excluding hydrogens is 512 g/mol. The highest BCUT2D eigenvalue weighted by atomic mass is 14.9. The van der Waals surface area contributed by atoms with Gasteiger partial charge in [0.1, 0.15) is 14.1 Å². The number of pyridine rings is 4. The topological polar surface area (TPSA) is 33.5 Å². The molecule has 0 radical (unpaired) electrons. The highest BCUT2D eigenvalue weighted by molar-refractivity contribution is 6.12. The second-order valence-corrected chi connectivity index (χ2v) is 10.7. The van der Waals surface area contributed by atoms with E-state index >= 15 is 0 Å². The number of para-hydroxylation sites is 4. The average Bonchev–Trinajstić information content (AvgIpc) is 3.06. The number of aromatic nitrogens is 4. The summed E-state index contributed by atoms with van der Waals surface area (Å²) in [6, 6.07) is 42.9. The number of benzene rings is 4. The van der Waals surface area contributed by atoms with Crippen molar-refractivity contribution in [2.45, 2.75) is 0 Å². The van der Waals surface area contributed by atoms with Crippen molar-refractivity contribution in [3.63, 3.8) is 0 Å². The van der Waals surface area contributed by atoms with Gasteiger partial charge >= 0.3 is 0 Å². The summed E-state index contributed by atoms with van der Waals surface area (Å²) in [6.45, 7) is 0. The molecule has 4 heteroatoms. The van der Waals surface area contributed by atoms with Crippen molar-refractivity contribution in [2.75, 3.05) is 0 Å². The lowest BCUT2D eigenvalue weighted by Crippen LogP contribution is -2.30. The normalized spacial score (nSPS) is 11.6. The van der Waals surface area contributed by atoms with Crippen molar-refractivity contribution < 1.29 is 9.13 Å². The summed E-state index contributed by atoms with van der Waals surface area (Å²) in [5, 5.41) is 4.75. The number of nitrogens with zero attached hydrogens (tertiary/aromatic N) is 4. The molecule has 4 aromatic heterocycles. The molecule has 0 saturated heterocycles. The largest absolute Gasteiger partial charge is 0.254 e. The molecule has 0 N–H and O–H groups in total. The molecule has 0 spiro atoms. The van der Waals surface area contributed by atoms with Crippen LogP contribution in [0.1, 0.15) is 0 Å². The minimum atomic E-state index is 0.874. The van der Waals surface area contributed by atoms with Crippen LogP contribution in [0.4, 0.5) is 0 Å². The van der Waals surface area contributed by atoms with Gasteiger partial charge in [0.15, 0.2) is 0 Å². The first-order valence-electron chi connectivity index (χ1n) is 14.2. The molecule has 8 aromatic rings. The van der Waals surface area contributed by atoms with Crippen LogP contribution in [0.25, 0.3) is 77.3 Å². The smallest absolute Gasteiger partial charge is 0.213 e. The number of rotatable bonds is 3. The fourth-order valence-corrected chi connectivity index (χ4v) is 6.63. The lowest BCUT2D eigenvalue weighted by atomic mass is 9.90. The molecule has 0 atom stereocenters. The van der Waals surface area contributed by atoms with Crippen molar-refractivity contribution in [1.29, 1.82) is 0 Å². The Morgan fingerprint density at radius 2 is 0.690 bits per heavy atom. The Kier molecular flexibility index (Phi) is 5.54. The van der Waals surface area contributed by atoms with E-state index in [0.717, 1.165) is 22.5 Å². The Morgan fingerprint density at radius 3 is 1.02 bits per heavy atom. The second kappa shape index (κ2) is 9.57. The summed E-state index contributed by atoms with van der Waals surface area (Å²) in [5.74, 6) is 0. The fourth-order valence-electron chi connectivity index (χ4n) is 6.63. The molecule has 0 unspecified atom stereocenters. The first-order chi connectivity index (χ1) is 20.7. The second-order valence-electron chi connectivity index (χ2n) is 10.7. The van der Waals surface area contributed by atoms with E-state index < -0.39 is 0 Å². The number of fused-ring (bicyclic) bond motifs is 4. The van der Waals surface area contributed by atoms with Gasteiger partial charge in [-0.2, -0.15) is 9.13 Å². The molecule has 0 saturated carbocycles. The molecule has 0 aliphatic rings. The zero-order valence-corrected chi connectivity index (χ0v) is 23.5. The van der Waals surface area contributed by atoms with Gasteiger partial charge in [0, 0.05) is 58.9 Å². The zero-order valence-electron chi connectivity index (χ0n) is 23.5. The molecule has 4 heterocycles. The summed E-state index contributed by atoms with van der Waals surface area (Å²) in [7, 11) is 4.28. The van der Waals surface area contributed by atoms with E-state index in [4.69, 9.17) is 9.97 Å². The van der Waals surface area contributed by atoms with E-state index in [2.05, 4.69) is 132 Å². The van der Waals surface area contributed by atoms with E-state index in [-0.39, 0.29) is 0 Å². The van der Waals surface area contributed by atoms with Crippen LogP contribution in [0.3, 0.4) is 0 Å². The first-order valence-corrected chi connectivity index (χ1v) is 14.2. The number of hydrogen-bond acceptors (Lipinski definition) is 2. The summed E-state index contributed by atoms with van der Waals surface area (Å²) < 4.78 is 4.55. The molecule has 4 aromatic carbocycles. The molecule has 42 heavy (non-hydrogen) atoms. The molecular formula is C38H28N4+2. The van der Waals surface area contributed by atoms with E-state index in [1.165, 1.54) is 54.7 Å². The molecule has 198 valence electrons. The molecule has 0 aliphatic heterocycles. The van der Waals surface area contributed by atoms with Gasteiger partial charge in [-0.1, -0.05) is 60.7 Å². The maximum absolute atomic E-state index is 5.05. The first kappa shape index (κ1) is 24.3. The number of aryl methyl sites for hydroxylation is 2. The van der Waals surface area contributed by atoms with Gasteiger partial charge in [-0.3, -0.25) is 9.97 Å². The summed E-state index contributed by atoms with van der Waals surface area (Å²) in [6.07, 6.45) is 3.76. The third-order valence-electron chi connectivity index (χ3n) is 8.52. The van der Waals surface area contributed by atoms with E-state index in [1.54, 1.807) is 0 Å². The van der Waals surface area contributed by atoms with Crippen LogP contribution >= 0.6 is 0 Å². The quantitative estimate of drug-likeness (QED) is 0.170. The Balaban J connectivity index is 1.50. The van der Waals surface area contributed by atoms with Crippen LogP contribution < -0.4 is 9.13 Å². The van der Waals surface area contributed by atoms with Crippen LogP contribution in [-0.4, -0.2) is 9.97 Å². The van der Waals surface area contributed by atoms with Crippen LogP contribution in [0.2, 0.25) is 0 Å². The Hall–Kier alpha value is -5.48. The maximum Gasteiger partial charge on any atom is 0.213 e. The lowest BCUT2D eigenvalue weighted by molar-refractivity contribution is -0.617. The lowest BCUT2D eigenvalue weighted by Gasteiger charge is -2.17. The molecule has 4 nitrogen and oxygen atoms in total. The van der Waals surface area contributed by atoms with Gasteiger partial charge in [-0.25, -0.2) is 0 Å². The van der Waals surface area contributed by atoms with Gasteiger partial charge < -0.3 is 0 Å². The number of hydrogen-bond donors (Lipinski definition) is 0. The van der Waals surface area contributed by atoms with E-state index in [1.807, 2.05) is 24.5 Å². The zero-order chi connectivity index (χ0) is 28.2. The third kappa shape index (κ3) is 3.55. The van der Waals surface area contributed by atoms with E-state index in [9.17, 15) is 0 Å². The fraction of sp³-hybridized carbons (Fsp3) is 0.0526. The summed E-state index contributed by atoms with van der Waals surface area (Å²) >= 11 is 0. The molecule has 0 fully saturated rings. The van der Waals surface area contributed by atoms with Crippen LogP contribution in [0.5, 0.6) is 0 Å². The van der Waals surface area contributed by atoms with Crippen molar-refractivity contribution in [3.8, 4) is 33.6 Å². The van der Waals surface area contributed by atoms with Gasteiger partial charge in [-0.15, -0.1) is 0 Å². The molecule has 0 bridgehead atoms. The highest BCUT2D eigenvalue weighted by Gasteiger charge is 2.25. The Bertz CT molecular complexity index is 2060. The van der Waals surface area contributed by atoms with Crippen molar-refractivity contribution >= 4 is 43.6 Å². The Labute approximate surface area is 243 Å². The SMILES string of the molecule is C[n+]1c2ccccc2c(-c2cccnc2-c2ncccc2-c2c3ccccc3[n+](C)c3ccccc23)c2ccccc21. The Morgan fingerprint density at radius 1 is 0.381 bits per heavy atom. The molecule has 8 rings (SSSR count). The standard InChI is InChI=1S/C38H28N4/c1-41-31-19-7-3-13-25(31)35(26-14-4-8-20-32(26)41)29-17-11-23-39-37(29)38-30(18-12-24-40-38)36-27-15-5-9-21-33(27)42(2)34-22-10-6-16-28(34)36/h3-24H,1-2H3/q+2. The average molecular weight is 541 g/mol. The van der Waals surface area contributed by atoms with Gasteiger partial charge in [0.05, 0.1) is 32.9 Å². The third-order valence-corrected chi connectivity index (χ3v) is 8.52. The van der Waals surface area contributed by atoms with Gasteiger partial charge in [0.2, 0.25) is 22.1 Å². The van der Waals surface area contributed by atoms with Crippen LogP contribution in [0.15, 0.2) is 134 Å². The van der Waals surface area contributed by atoms with Crippen LogP contribution in [0, 0.1) is 0 Å². The predicted molar refractivity (Wildman–Crippen MR) is 171 cm³/mol. The van der Waals surface area contributed by atoms with Crippen molar-refractivity contribution in [2.24, 2.45) is 14.1 Å². The molecule has 0 aliphatic carbocycles. The molecule has 0 amide bonds. The highest BCUT2D eigenvalue weighted by Crippen LogP contribution is 2.43. The van der Waals surface area contributed by atoms with Crippen molar-refractivity contribution in [1.82, 2.24) is 9.97 Å². The van der Waals surface area contributed by atoms with Crippen molar-refractivity contribution in [3.05, 3.63) is 134 Å². The summed E-state index contributed by atoms with van der Waals surface area (Å²) in [4.78, 5) is 10.1. The van der Waals surface area contributed by atoms with E-state index in [0.29, 0.717) is 0 Å². The predicted octanol–water partition coefficient (Wildman–Crippen LogP) is 7.74.